The fourth-order valence-corrected chi connectivity index (χ4v) is 15.9. The van der Waals surface area contributed by atoms with Gasteiger partial charge in [0.25, 0.3) is 11.8 Å². The lowest BCUT2D eigenvalue weighted by atomic mass is 10.1. The first kappa shape index (κ1) is 118. The van der Waals surface area contributed by atoms with Crippen LogP contribution >= 0.6 is 43.2 Å². The van der Waals surface area contributed by atoms with Gasteiger partial charge in [-0.15, -0.1) is 0 Å². The molecular formula is C76H141N13O26S4+2. The maximum atomic E-state index is 12.8. The van der Waals surface area contributed by atoms with Crippen LogP contribution in [0, 0.1) is 0 Å². The topological polar surface area (TPSA) is 549 Å². The molecule has 39 nitrogen and oxygen atoms in total. The van der Waals surface area contributed by atoms with Crippen LogP contribution in [-0.4, -0.2) is 420 Å². The maximum Gasteiger partial charge on any atom is 0.359 e. The number of nitrogens with one attached hydrogen (secondary N) is 4. The van der Waals surface area contributed by atoms with Crippen LogP contribution in [0.4, 0.5) is 0 Å². The molecule has 688 valence electrons. The van der Waals surface area contributed by atoms with Crippen molar-refractivity contribution in [2.75, 3.05) is 289 Å². The Morgan fingerprint density at radius 2 is 0.706 bits per heavy atom. The van der Waals surface area contributed by atoms with Crippen LogP contribution in [0.5, 0.6) is 0 Å². The Kier molecular flexibility index (Phi) is 67.0. The van der Waals surface area contributed by atoms with Gasteiger partial charge in [-0.1, -0.05) is 77.1 Å². The number of amides is 2. The average molecular weight is 1780 g/mol. The highest BCUT2D eigenvalue weighted by Crippen LogP contribution is 2.23. The van der Waals surface area contributed by atoms with Crippen LogP contribution in [0.3, 0.4) is 0 Å². The summed E-state index contributed by atoms with van der Waals surface area (Å²) in [6.45, 7) is 13.6. The molecule has 0 aliphatic carbocycles. The van der Waals surface area contributed by atoms with E-state index in [1.54, 1.807) is 35.2 Å². The van der Waals surface area contributed by atoms with Crippen molar-refractivity contribution in [1.82, 2.24) is 21.3 Å². The first-order chi connectivity index (χ1) is 55.3. The first-order valence-corrected chi connectivity index (χ1v) is 44.2. The van der Waals surface area contributed by atoms with Gasteiger partial charge >= 0.3 is 35.8 Å². The van der Waals surface area contributed by atoms with Gasteiger partial charge in [-0.2, -0.15) is 0 Å². The monoisotopic (exact) mass is 1780 g/mol. The number of nitrogens with two attached hydrogens (primary N) is 2. The van der Waals surface area contributed by atoms with Gasteiger partial charge in [-0.25, -0.2) is 19.2 Å². The second-order valence-corrected chi connectivity index (χ2v) is 36.2. The second kappa shape index (κ2) is 67.5. The fourth-order valence-electron chi connectivity index (χ4n) is 12.0. The van der Waals surface area contributed by atoms with E-state index in [-0.39, 0.29) is 184 Å². The highest BCUT2D eigenvalue weighted by Gasteiger charge is 2.32. The van der Waals surface area contributed by atoms with Gasteiger partial charge in [0, 0.05) is 100 Å². The number of Topliss-reactive ketones (excluding diaryl/α,β-unsaturated/α-hetero) is 2. The predicted molar refractivity (Wildman–Crippen MR) is 444 cm³/mol. The number of carbonyl (C=O) groups is 15. The van der Waals surface area contributed by atoms with E-state index in [1.807, 2.05) is 21.1 Å². The molecule has 0 aromatic carbocycles. The summed E-state index contributed by atoms with van der Waals surface area (Å²) in [6, 6.07) is 0. The molecule has 10 N–H and O–H groups in total. The van der Waals surface area contributed by atoms with Crippen molar-refractivity contribution in [3.8, 4) is 0 Å². The van der Waals surface area contributed by atoms with Crippen LogP contribution in [0.25, 0.3) is 0 Å². The van der Waals surface area contributed by atoms with Crippen LogP contribution in [0.2, 0.25) is 0 Å². The molecule has 0 radical (unpaired) electrons. The van der Waals surface area contributed by atoms with Gasteiger partial charge in [0.15, 0.2) is 37.7 Å². The van der Waals surface area contributed by atoms with Crippen LogP contribution in [0.1, 0.15) is 85.0 Å². The first-order valence-electron chi connectivity index (χ1n) is 39.2. The van der Waals surface area contributed by atoms with Gasteiger partial charge in [-0.05, 0) is 45.6 Å². The standard InChI is InChI=1S/C43H79N7O14S2.C25H39N3O10S2.C7H17N3O2.CH4/c1-7-8-20-47(3,32-38(53)54)21-11-9-10-14-42(61)63-27-25-50(6,35-41(59)60)31-37(52)46-19-29-66-65-28-12-13-36(51)30-49(5,34-40(57)58)24-26-64-43(62)15-16-45-18-23-48(4,22-17-44-2)33-39(55)56;1-5-24(35)37-12-10-27(3,18-22(31)32)16-20(29)8-7-14-39-40-15-9-26-21(30)17-28(4,19-23(33)34)11-13-38-25(36)6-2;1-10(4-2-8,5-3-9)6-7(11)12;/h44-45H,7-35H2,1-6H3,(H-4,46,52,53,54,55,56,57,58,59,60);5-6H,1-2,7-19H2,3-4H3,(H-2,26,30,31,32,33,34);2-6,8-9H2,1H3;1H4/p+2. The molecule has 0 fully saturated rings. The van der Waals surface area contributed by atoms with E-state index < -0.39 is 85.3 Å². The number of unbranched alkanes of at least 4 members (excludes halogenated alkanes) is 3. The number of quaternary nitrogens is 7. The van der Waals surface area contributed by atoms with E-state index in [0.29, 0.717) is 130 Å². The molecule has 6 atom stereocenters. The van der Waals surface area contributed by atoms with Gasteiger partial charge in [0.05, 0.1) is 125 Å². The molecule has 0 heterocycles. The number of carboxylic acids is 7. The van der Waals surface area contributed by atoms with Crippen molar-refractivity contribution in [2.24, 2.45) is 11.5 Å². The third-order valence-electron chi connectivity index (χ3n) is 18.4. The van der Waals surface area contributed by atoms with E-state index in [0.717, 1.165) is 44.4 Å². The molecule has 0 rings (SSSR count). The summed E-state index contributed by atoms with van der Waals surface area (Å²) in [5.41, 5.74) is 10.7. The van der Waals surface area contributed by atoms with Crippen LogP contribution in [0.15, 0.2) is 25.3 Å². The molecule has 0 aliphatic heterocycles. The van der Waals surface area contributed by atoms with E-state index in [4.69, 9.17) is 35.5 Å². The van der Waals surface area contributed by atoms with E-state index >= 15 is 0 Å². The van der Waals surface area contributed by atoms with Crippen molar-refractivity contribution >= 4 is 132 Å². The largest absolute Gasteiger partial charge is 0.544 e. The summed E-state index contributed by atoms with van der Waals surface area (Å²) >= 11 is 0. The number of aliphatic carboxylic acids is 7. The lowest BCUT2D eigenvalue weighted by Crippen LogP contribution is -2.57. The summed E-state index contributed by atoms with van der Waals surface area (Å²) in [6.07, 6.45) is 7.81. The normalized spacial score (nSPS) is 14.1. The van der Waals surface area contributed by atoms with E-state index in [9.17, 15) is 103 Å². The Morgan fingerprint density at radius 1 is 0.370 bits per heavy atom. The van der Waals surface area contributed by atoms with Crippen molar-refractivity contribution in [3.05, 3.63) is 25.3 Å². The maximum absolute atomic E-state index is 12.8. The molecule has 0 aliphatic rings. The van der Waals surface area contributed by atoms with E-state index in [2.05, 4.69) is 41.3 Å². The summed E-state index contributed by atoms with van der Waals surface area (Å²) in [4.78, 5) is 176. The summed E-state index contributed by atoms with van der Waals surface area (Å²) in [5.74, 6) is -8.87. The highest BCUT2D eigenvalue weighted by atomic mass is 33.1. The molecule has 0 saturated carbocycles. The fraction of sp³-hybridized carbons (Fsp3) is 0.750. The highest BCUT2D eigenvalue weighted by molar-refractivity contribution is 8.77. The smallest absolute Gasteiger partial charge is 0.359 e. The van der Waals surface area contributed by atoms with Crippen molar-refractivity contribution in [1.29, 1.82) is 0 Å². The Hall–Kier alpha value is -7.11. The lowest BCUT2D eigenvalue weighted by molar-refractivity contribution is -0.903. The third kappa shape index (κ3) is 69.2. The number of rotatable bonds is 74. The number of nitrogens with zero attached hydrogens (tertiary/aromatic N) is 7. The van der Waals surface area contributed by atoms with Crippen molar-refractivity contribution in [3.63, 3.8) is 0 Å². The second-order valence-electron chi connectivity index (χ2n) is 30.8. The minimum Gasteiger partial charge on any atom is -0.544 e. The molecule has 0 aromatic heterocycles. The zero-order valence-corrected chi connectivity index (χ0v) is 74.2. The van der Waals surface area contributed by atoms with Crippen molar-refractivity contribution in [2.45, 2.75) is 85.0 Å². The molecule has 0 spiro atoms. The summed E-state index contributed by atoms with van der Waals surface area (Å²) in [5, 5.41) is 85.9. The third-order valence-corrected chi connectivity index (χ3v) is 23.4. The quantitative estimate of drug-likeness (QED) is 0.00701. The van der Waals surface area contributed by atoms with Crippen LogP contribution in [-0.2, 0) is 90.9 Å². The zero-order valence-electron chi connectivity index (χ0n) is 70.9. The Bertz CT molecular complexity index is 2920. The Balaban J connectivity index is -0.00000105. The number of carboxylic acid groups (broad SMARTS) is 7. The molecule has 0 bridgehead atoms. The minimum atomic E-state index is -1.34. The molecule has 119 heavy (non-hydrogen) atoms. The Labute approximate surface area is 718 Å². The van der Waals surface area contributed by atoms with Crippen LogP contribution < -0.4 is 58.3 Å². The number of ketones is 2. The number of ether oxygens (including phenoxy) is 4. The molecular weight excluding hydrogens is 1640 g/mol. The van der Waals surface area contributed by atoms with Crippen molar-refractivity contribution < 1.29 is 158 Å². The predicted octanol–water partition coefficient (Wildman–Crippen LogP) is -6.64. The van der Waals surface area contributed by atoms with Gasteiger partial charge in [-0.3, -0.25) is 28.8 Å². The molecule has 43 heteroatoms. The molecule has 0 aromatic rings. The average Bonchev–Trinajstić information content (AvgIpc) is 0.896. The van der Waals surface area contributed by atoms with Gasteiger partial charge in [0.2, 0.25) is 0 Å². The Morgan fingerprint density at radius 3 is 1.07 bits per heavy atom. The molecule has 6 unspecified atom stereocenters. The number of carbonyl (C=O) groups excluding carboxylic acids is 13. The minimum absolute atomic E-state index is 0. The summed E-state index contributed by atoms with van der Waals surface area (Å²) < 4.78 is 20.8. The number of esters is 4. The SMILES string of the molecule is C.C=CC(=O)OCC[N+](C)(CC(=O)[O-])CC(=O)CCCSSCCNC(=O)C[N+](C)(CCOC(=O)C=C)CC(=O)[O-].CCCC[N+](C)(CCCCCC(=O)OCC[N+](C)(CC(=O)[O-])CC(=O)NCCSSCCCC(=O)C[N+](C)(CCOC(=O)CCNCC[N+](C)(CCNC)CC(=O)[O-])CC(=O)[O-])CC(=O)O.C[N+](CCN)(CCN)CC(=O)O. The van der Waals surface area contributed by atoms with Gasteiger partial charge < -0.3 is 143 Å². The number of likely N-dealkylation sites (N-methyl/N-ethyl adjacent to an activating group) is 8. The zero-order chi connectivity index (χ0) is 90.3. The lowest BCUT2D eigenvalue weighted by Gasteiger charge is -2.35. The summed E-state index contributed by atoms with van der Waals surface area (Å²) in [7, 11) is 19.7. The molecule has 0 saturated heterocycles. The van der Waals surface area contributed by atoms with E-state index in [1.165, 1.54) is 43.2 Å². The van der Waals surface area contributed by atoms with Gasteiger partial charge in [0.1, 0.15) is 98.4 Å². The molecule has 2 amide bonds. The number of hydrogen-bond donors (Lipinski definition) is 8. The number of hydrogen-bond acceptors (Lipinski definition) is 32.